The highest BCUT2D eigenvalue weighted by Gasteiger charge is 2.34. The molecule has 82 heavy (non-hydrogen) atoms. The molecule has 0 spiro atoms. The first-order valence-corrected chi connectivity index (χ1v) is 25.6. The molecule has 1 aliphatic carbocycles. The summed E-state index contributed by atoms with van der Waals surface area (Å²) in [6.07, 6.45) is 0. The van der Waals surface area contributed by atoms with Gasteiger partial charge in [-0.3, -0.25) is 9.59 Å². The highest BCUT2D eigenvalue weighted by Crippen LogP contribution is 2.38. The van der Waals surface area contributed by atoms with Crippen LogP contribution in [-0.2, 0) is 4.74 Å². The number of methoxy groups -OCH3 is 5. The number of aromatic nitrogens is 3. The van der Waals surface area contributed by atoms with E-state index >= 15 is 0 Å². The summed E-state index contributed by atoms with van der Waals surface area (Å²) in [4.78, 5) is 63.7. The number of hydrogen-bond acceptors (Lipinski definition) is 18. The van der Waals surface area contributed by atoms with Crippen LogP contribution in [0, 0.1) is 20.8 Å². The lowest BCUT2D eigenvalue weighted by atomic mass is 9.82. The summed E-state index contributed by atoms with van der Waals surface area (Å²) in [5.74, 6) is 2.06. The molecule has 18 nitrogen and oxygen atoms in total. The van der Waals surface area contributed by atoms with Gasteiger partial charge in [0.2, 0.25) is 17.8 Å². The molecule has 9 aromatic rings. The topological polar surface area (TPSA) is 222 Å². The van der Waals surface area contributed by atoms with Crippen LogP contribution in [0.25, 0.3) is 0 Å². The Morgan fingerprint density at radius 2 is 0.890 bits per heavy atom. The molecule has 5 N–H and O–H groups in total. The number of anilines is 9. The number of benzene rings is 8. The maximum absolute atomic E-state index is 13.2. The van der Waals surface area contributed by atoms with Gasteiger partial charge in [0.05, 0.1) is 57.9 Å². The third-order valence-corrected chi connectivity index (χ3v) is 12.6. The molecule has 10 rings (SSSR count). The molecule has 0 bridgehead atoms. The largest absolute Gasteiger partial charge is 0.497 e. The molecule has 18 heteroatoms. The average molecular weight is 1100 g/mol. The third-order valence-electron chi connectivity index (χ3n) is 12.6. The number of ketones is 2. The quantitative estimate of drug-likeness (QED) is 0.0448. The average Bonchev–Trinajstić information content (AvgIpc) is 3.57. The lowest BCUT2D eigenvalue weighted by Gasteiger charge is -2.23. The lowest BCUT2D eigenvalue weighted by molar-refractivity contribution is 0.0600. The van der Waals surface area contributed by atoms with Crippen molar-refractivity contribution < 1.29 is 47.6 Å². The summed E-state index contributed by atoms with van der Waals surface area (Å²) >= 11 is 0. The molecule has 0 amide bonds. The zero-order chi connectivity index (χ0) is 58.3. The molecule has 0 aliphatic heterocycles. The number of aryl methyl sites for hydroxylation is 3. The van der Waals surface area contributed by atoms with Crippen LogP contribution in [0.15, 0.2) is 170 Å². The van der Waals surface area contributed by atoms with Gasteiger partial charge in [0.25, 0.3) is 0 Å². The van der Waals surface area contributed by atoms with E-state index in [0.29, 0.717) is 68.5 Å². The number of ether oxygens (including phenoxy) is 6. The van der Waals surface area contributed by atoms with Crippen LogP contribution in [0.3, 0.4) is 0 Å². The second kappa shape index (κ2) is 26.7. The van der Waals surface area contributed by atoms with E-state index in [-0.39, 0.29) is 28.6 Å². The van der Waals surface area contributed by atoms with Crippen LogP contribution in [0.4, 0.5) is 52.0 Å². The Bertz CT molecular complexity index is 3700. The van der Waals surface area contributed by atoms with Gasteiger partial charge in [0, 0.05) is 58.7 Å². The van der Waals surface area contributed by atoms with Crippen LogP contribution in [-0.4, -0.2) is 81.1 Å². The van der Waals surface area contributed by atoms with Gasteiger partial charge < -0.3 is 55.0 Å². The van der Waals surface area contributed by atoms with Gasteiger partial charge in [-0.25, -0.2) is 9.59 Å². The van der Waals surface area contributed by atoms with Crippen molar-refractivity contribution in [2.24, 2.45) is 0 Å². The minimum absolute atomic E-state index is 0.132. The number of carbonyl (C=O) groups is 4. The number of esters is 2. The van der Waals surface area contributed by atoms with Crippen LogP contribution in [0.1, 0.15) is 69.2 Å². The zero-order valence-electron chi connectivity index (χ0n) is 46.6. The third kappa shape index (κ3) is 14.1. The van der Waals surface area contributed by atoms with E-state index < -0.39 is 11.9 Å². The molecule has 0 atom stereocenters. The van der Waals surface area contributed by atoms with E-state index in [0.717, 1.165) is 45.2 Å². The Kier molecular flexibility index (Phi) is 18.7. The Morgan fingerprint density at radius 1 is 0.415 bits per heavy atom. The van der Waals surface area contributed by atoms with Gasteiger partial charge in [0.1, 0.15) is 22.8 Å². The molecule has 1 aromatic heterocycles. The molecule has 0 unspecified atom stereocenters. The Balaban J connectivity index is 0.000000162. The molecule has 416 valence electrons. The van der Waals surface area contributed by atoms with Crippen LogP contribution in [0.2, 0.25) is 0 Å². The smallest absolute Gasteiger partial charge is 0.347 e. The molecule has 1 heterocycles. The highest BCUT2D eigenvalue weighted by molar-refractivity contribution is 6.32. The van der Waals surface area contributed by atoms with Gasteiger partial charge in [-0.1, -0.05) is 66.2 Å². The summed E-state index contributed by atoms with van der Waals surface area (Å²) < 4.78 is 30.7. The molecule has 0 saturated carbocycles. The Morgan fingerprint density at radius 3 is 1.39 bits per heavy atom. The maximum atomic E-state index is 13.2. The van der Waals surface area contributed by atoms with E-state index in [1.807, 2.05) is 130 Å². The fourth-order valence-electron chi connectivity index (χ4n) is 8.51. The van der Waals surface area contributed by atoms with E-state index in [1.165, 1.54) is 64.8 Å². The van der Waals surface area contributed by atoms with Crippen molar-refractivity contribution in [2.45, 2.75) is 20.8 Å². The molecule has 0 radical (unpaired) electrons. The maximum Gasteiger partial charge on any atom is 0.347 e. The van der Waals surface area contributed by atoms with Crippen molar-refractivity contribution in [3.8, 4) is 28.7 Å². The second-order valence-corrected chi connectivity index (χ2v) is 18.3. The second-order valence-electron chi connectivity index (χ2n) is 18.3. The lowest BCUT2D eigenvalue weighted by Crippen LogP contribution is -2.23. The van der Waals surface area contributed by atoms with Gasteiger partial charge in [0.15, 0.2) is 23.1 Å². The number of hydrogen-bond donors (Lipinski definition) is 5. The van der Waals surface area contributed by atoms with Crippen molar-refractivity contribution in [1.29, 1.82) is 0 Å². The first-order chi connectivity index (χ1) is 39.7. The highest BCUT2D eigenvalue weighted by atomic mass is 16.5. The van der Waals surface area contributed by atoms with Crippen molar-refractivity contribution in [3.05, 3.63) is 220 Å². The first-order valence-electron chi connectivity index (χ1n) is 25.6. The van der Waals surface area contributed by atoms with Crippen molar-refractivity contribution in [2.75, 3.05) is 69.2 Å². The number of rotatable bonds is 16. The fourth-order valence-corrected chi connectivity index (χ4v) is 8.51. The Labute approximate surface area is 474 Å². The van der Waals surface area contributed by atoms with Gasteiger partial charge >= 0.3 is 11.9 Å². The van der Waals surface area contributed by atoms with Gasteiger partial charge in [-0.15, -0.1) is 0 Å². The van der Waals surface area contributed by atoms with Crippen molar-refractivity contribution >= 4 is 75.5 Å². The predicted molar refractivity (Wildman–Crippen MR) is 318 cm³/mol. The summed E-state index contributed by atoms with van der Waals surface area (Å²) in [7, 11) is 9.06. The normalized spacial score (nSPS) is 10.9. The Hall–Kier alpha value is -10.8. The molecular formula is C64H60N8O10. The first kappa shape index (κ1) is 57.4. The van der Waals surface area contributed by atoms with Crippen molar-refractivity contribution in [3.63, 3.8) is 0 Å². The predicted octanol–water partition coefficient (Wildman–Crippen LogP) is 13.0. The number of carbonyl (C=O) groups excluding carboxylic acids is 4. The summed E-state index contributed by atoms with van der Waals surface area (Å²) in [6.45, 7) is 6.10. The molecular weight excluding hydrogens is 1040 g/mol. The van der Waals surface area contributed by atoms with Crippen molar-refractivity contribution in [1.82, 2.24) is 15.0 Å². The van der Waals surface area contributed by atoms with Crippen LogP contribution < -0.4 is 50.3 Å². The van der Waals surface area contributed by atoms with Crippen LogP contribution >= 0.6 is 0 Å². The minimum atomic E-state index is -0.636. The van der Waals surface area contributed by atoms with Gasteiger partial charge in [-0.2, -0.15) is 15.0 Å². The van der Waals surface area contributed by atoms with E-state index in [9.17, 15) is 19.2 Å². The SMILES string of the molecule is CNc1ccc(Nc2ccc(C)cc2)c2c1C(=O)c1ccccc1C2=O.COC(=O)c1ccc(OC(=O)c2cc(OC)c(OC)cc2OC)cc1.COc1ccc(Nc2nc(Nc3cccc(C)c3)nc(Nc3cccc(C)c3)n2)cc1. The molecule has 0 saturated heterocycles. The zero-order valence-corrected chi connectivity index (χ0v) is 46.6. The minimum Gasteiger partial charge on any atom is -0.497 e. The van der Waals surface area contributed by atoms with E-state index in [1.54, 1.807) is 38.4 Å². The summed E-state index contributed by atoms with van der Waals surface area (Å²) in [5, 5.41) is 16.1. The van der Waals surface area contributed by atoms with Gasteiger partial charge in [-0.05, 0) is 129 Å². The van der Waals surface area contributed by atoms with Crippen LogP contribution in [0.5, 0.6) is 28.7 Å². The molecule has 0 fully saturated rings. The number of nitrogens with zero attached hydrogens (tertiary/aromatic N) is 3. The number of fused-ring (bicyclic) bond motifs is 2. The van der Waals surface area contributed by atoms with E-state index in [4.69, 9.17) is 23.7 Å². The number of nitrogens with one attached hydrogen (secondary N) is 5. The standard InChI is InChI=1S/C24H24N6O.C22H18N2O2.C18H18O7/c1-16-6-4-8-19(14-16)26-23-28-22(25-18-10-12-21(31-3)13-11-18)29-24(30-23)27-20-9-5-7-17(2)15-20;1-13-7-9-14(10-8-13)24-18-12-11-17(23-2)19-20(18)22(26)16-6-4-3-5-15(16)21(19)25;1-21-14-10-16(23-3)15(22-2)9-13(14)18(20)25-12-7-5-11(6-8-12)17(19)24-4/h4-15H,1-3H3,(H3,25,26,27,28,29,30);3-12,23-24H,1-2H3;5-10H,1-4H3. The summed E-state index contributed by atoms with van der Waals surface area (Å²) in [6, 6.07) is 51.2. The fraction of sp³-hybridized carbons (Fsp3) is 0.141. The molecule has 1 aliphatic rings. The van der Waals surface area contributed by atoms with E-state index in [2.05, 4.69) is 46.3 Å². The molecule has 8 aromatic carbocycles. The summed E-state index contributed by atoms with van der Waals surface area (Å²) in [5.41, 5.74) is 10.5. The monoisotopic (exact) mass is 1100 g/mol.